The number of pyridine rings is 2. The number of hydrogen-bond acceptors (Lipinski definition) is 2. The molecule has 5 aromatic rings. The van der Waals surface area contributed by atoms with Crippen LogP contribution in [0, 0.1) is 20.8 Å². The van der Waals surface area contributed by atoms with Crippen molar-refractivity contribution in [3.8, 4) is 22.4 Å². The molecule has 0 atom stereocenters. The first-order chi connectivity index (χ1) is 14.0. The zero-order valence-electron chi connectivity index (χ0n) is 17.2. The molecule has 0 unspecified atom stereocenters. The topological polar surface area (TPSA) is 16.8 Å². The van der Waals surface area contributed by atoms with Crippen LogP contribution in [-0.2, 0) is 7.05 Å². The lowest BCUT2D eigenvalue weighted by Gasteiger charge is -2.10. The first-order valence-electron chi connectivity index (χ1n) is 9.88. The predicted octanol–water partition coefficient (Wildman–Crippen LogP) is 6.53. The van der Waals surface area contributed by atoms with Gasteiger partial charge < -0.3 is 0 Å². The van der Waals surface area contributed by atoms with Crippen molar-refractivity contribution in [1.29, 1.82) is 0 Å². The van der Waals surface area contributed by atoms with Gasteiger partial charge in [0.2, 0.25) is 5.69 Å². The molecule has 3 heteroatoms. The van der Waals surface area contributed by atoms with E-state index in [0.29, 0.717) is 0 Å². The summed E-state index contributed by atoms with van der Waals surface area (Å²) in [6.07, 6.45) is 2.23. The molecule has 0 amide bonds. The minimum atomic E-state index is 1.07. The van der Waals surface area contributed by atoms with Gasteiger partial charge in [0.1, 0.15) is 11.9 Å². The van der Waals surface area contributed by atoms with Gasteiger partial charge in [0.15, 0.2) is 6.20 Å². The zero-order valence-corrected chi connectivity index (χ0v) is 18.0. The number of aryl methyl sites for hydroxylation is 4. The van der Waals surface area contributed by atoms with E-state index in [1.807, 2.05) is 0 Å². The second kappa shape index (κ2) is 6.78. The minimum Gasteiger partial charge on any atom is -0.242 e. The molecule has 3 aromatic heterocycles. The number of fused-ring (bicyclic) bond motifs is 3. The summed E-state index contributed by atoms with van der Waals surface area (Å²) in [4.78, 5) is 5.84. The van der Waals surface area contributed by atoms with Crippen molar-refractivity contribution in [2.45, 2.75) is 20.8 Å². The molecule has 142 valence electrons. The third-order valence-electron chi connectivity index (χ3n) is 5.68. The molecular formula is C26H23N2S+. The Morgan fingerprint density at radius 1 is 0.793 bits per heavy atom. The van der Waals surface area contributed by atoms with Gasteiger partial charge >= 0.3 is 0 Å². The molecule has 0 saturated heterocycles. The highest BCUT2D eigenvalue weighted by atomic mass is 32.1. The lowest BCUT2D eigenvalue weighted by molar-refractivity contribution is -0.660. The maximum absolute atomic E-state index is 4.72. The average molecular weight is 396 g/mol. The third-order valence-corrected chi connectivity index (χ3v) is 6.75. The minimum absolute atomic E-state index is 1.07. The first kappa shape index (κ1) is 18.0. The van der Waals surface area contributed by atoms with E-state index < -0.39 is 0 Å². The SMILES string of the molecule is Cc1ccc2c(n1)sc1cc(-c3cc(-c4ccccc4C)[n+](C)cc3C)ccc12. The number of nitrogens with zero attached hydrogens (tertiary/aromatic N) is 2. The van der Waals surface area contributed by atoms with Crippen LogP contribution in [0.15, 0.2) is 66.9 Å². The van der Waals surface area contributed by atoms with Crippen molar-refractivity contribution in [3.63, 3.8) is 0 Å². The molecule has 3 heterocycles. The van der Waals surface area contributed by atoms with Crippen LogP contribution < -0.4 is 4.57 Å². The van der Waals surface area contributed by atoms with Crippen molar-refractivity contribution >= 4 is 31.6 Å². The monoisotopic (exact) mass is 395 g/mol. The maximum Gasteiger partial charge on any atom is 0.213 e. The van der Waals surface area contributed by atoms with Crippen molar-refractivity contribution in [1.82, 2.24) is 4.98 Å². The number of hydrogen-bond donors (Lipinski definition) is 0. The number of thiophene rings is 1. The molecular weight excluding hydrogens is 372 g/mol. The molecule has 0 N–H and O–H groups in total. The van der Waals surface area contributed by atoms with Gasteiger partial charge in [-0.1, -0.05) is 30.3 Å². The van der Waals surface area contributed by atoms with E-state index in [0.717, 1.165) is 10.5 Å². The van der Waals surface area contributed by atoms with Crippen molar-refractivity contribution < 1.29 is 4.57 Å². The van der Waals surface area contributed by atoms with Crippen LogP contribution in [0.2, 0.25) is 0 Å². The summed E-state index contributed by atoms with van der Waals surface area (Å²) in [5.74, 6) is 0. The predicted molar refractivity (Wildman–Crippen MR) is 123 cm³/mol. The fourth-order valence-corrected chi connectivity index (χ4v) is 5.30. The third kappa shape index (κ3) is 3.02. The lowest BCUT2D eigenvalue weighted by Crippen LogP contribution is -2.31. The smallest absolute Gasteiger partial charge is 0.213 e. The molecule has 0 aliphatic rings. The second-order valence-electron chi connectivity index (χ2n) is 7.80. The Labute approximate surface area is 175 Å². The van der Waals surface area contributed by atoms with E-state index in [9.17, 15) is 0 Å². The van der Waals surface area contributed by atoms with E-state index in [4.69, 9.17) is 4.98 Å². The van der Waals surface area contributed by atoms with Crippen LogP contribution in [0.25, 0.3) is 42.7 Å². The van der Waals surface area contributed by atoms with E-state index in [1.54, 1.807) is 11.3 Å². The summed E-state index contributed by atoms with van der Waals surface area (Å²) < 4.78 is 3.52. The van der Waals surface area contributed by atoms with Gasteiger partial charge in [-0.05, 0) is 61.7 Å². The Kier molecular flexibility index (Phi) is 4.21. The van der Waals surface area contributed by atoms with Gasteiger partial charge in [0.05, 0.1) is 0 Å². The van der Waals surface area contributed by atoms with Crippen LogP contribution in [0.4, 0.5) is 0 Å². The molecule has 29 heavy (non-hydrogen) atoms. The molecule has 0 bridgehead atoms. The summed E-state index contributed by atoms with van der Waals surface area (Å²) in [6.45, 7) is 6.42. The first-order valence-corrected chi connectivity index (χ1v) is 10.7. The molecule has 0 radical (unpaired) electrons. The van der Waals surface area contributed by atoms with Crippen molar-refractivity contribution in [2.75, 3.05) is 0 Å². The lowest BCUT2D eigenvalue weighted by atomic mass is 9.97. The average Bonchev–Trinajstić information content (AvgIpc) is 3.05. The van der Waals surface area contributed by atoms with Crippen molar-refractivity contribution in [3.05, 3.63) is 83.7 Å². The molecule has 0 spiro atoms. The van der Waals surface area contributed by atoms with Crippen LogP contribution in [0.1, 0.15) is 16.8 Å². The molecule has 0 fully saturated rings. The van der Waals surface area contributed by atoms with E-state index >= 15 is 0 Å². The molecule has 0 aliphatic heterocycles. The normalized spacial score (nSPS) is 11.4. The number of benzene rings is 2. The molecule has 2 nitrogen and oxygen atoms in total. The van der Waals surface area contributed by atoms with Gasteiger partial charge in [-0.15, -0.1) is 11.3 Å². The highest BCUT2D eigenvalue weighted by Crippen LogP contribution is 2.36. The van der Waals surface area contributed by atoms with Crippen LogP contribution in [0.3, 0.4) is 0 Å². The van der Waals surface area contributed by atoms with E-state index in [1.165, 1.54) is 49.0 Å². The Morgan fingerprint density at radius 2 is 1.59 bits per heavy atom. The van der Waals surface area contributed by atoms with Crippen LogP contribution in [-0.4, -0.2) is 4.98 Å². The highest BCUT2D eigenvalue weighted by Gasteiger charge is 2.17. The fourth-order valence-electron chi connectivity index (χ4n) is 4.14. The van der Waals surface area contributed by atoms with Gasteiger partial charge in [0.25, 0.3) is 0 Å². The maximum atomic E-state index is 4.72. The Morgan fingerprint density at radius 3 is 2.41 bits per heavy atom. The summed E-state index contributed by atoms with van der Waals surface area (Å²) in [5, 5.41) is 2.54. The number of rotatable bonds is 2. The standard InChI is InChI=1S/C26H23N2S/c1-16-7-5-6-8-20(16)24-14-23(17(2)15-28(24)4)19-10-12-21-22-11-9-18(3)27-26(22)29-25(21)13-19/h5-15H,1-4H3/q+1. The Balaban J connectivity index is 1.71. The fraction of sp³-hybridized carbons (Fsp3) is 0.154. The van der Waals surface area contributed by atoms with Crippen LogP contribution in [0.5, 0.6) is 0 Å². The van der Waals surface area contributed by atoms with Crippen LogP contribution >= 0.6 is 11.3 Å². The molecule has 5 rings (SSSR count). The van der Waals surface area contributed by atoms with Crippen molar-refractivity contribution in [2.24, 2.45) is 7.05 Å². The largest absolute Gasteiger partial charge is 0.242 e. The Bertz CT molecular complexity index is 1400. The highest BCUT2D eigenvalue weighted by molar-refractivity contribution is 7.25. The zero-order chi connectivity index (χ0) is 20.1. The van der Waals surface area contributed by atoms with Gasteiger partial charge in [0, 0.05) is 38.4 Å². The summed E-state index contributed by atoms with van der Waals surface area (Å²) in [6, 6.07) is 22.0. The summed E-state index contributed by atoms with van der Waals surface area (Å²) in [5.41, 5.74) is 8.69. The molecule has 0 saturated carbocycles. The molecule has 0 aliphatic carbocycles. The number of aromatic nitrogens is 2. The van der Waals surface area contributed by atoms with Gasteiger partial charge in [-0.25, -0.2) is 9.55 Å². The van der Waals surface area contributed by atoms with Gasteiger partial charge in [-0.2, -0.15) is 0 Å². The van der Waals surface area contributed by atoms with E-state index in [2.05, 4.69) is 99.2 Å². The van der Waals surface area contributed by atoms with Gasteiger partial charge in [-0.3, -0.25) is 0 Å². The Hall–Kier alpha value is -3.04. The summed E-state index contributed by atoms with van der Waals surface area (Å²) in [7, 11) is 2.13. The van der Waals surface area contributed by atoms with E-state index in [-0.39, 0.29) is 0 Å². The second-order valence-corrected chi connectivity index (χ2v) is 8.83. The summed E-state index contributed by atoms with van der Waals surface area (Å²) >= 11 is 1.78. The molecule has 2 aromatic carbocycles. The quantitative estimate of drug-likeness (QED) is 0.310.